The Hall–Kier alpha value is -2.90. The predicted molar refractivity (Wildman–Crippen MR) is 127 cm³/mol. The summed E-state index contributed by atoms with van der Waals surface area (Å²) in [6, 6.07) is 19.0. The Morgan fingerprint density at radius 3 is 2.66 bits per heavy atom. The topological polar surface area (TPSA) is 74.6 Å². The molecule has 2 aromatic carbocycles. The summed E-state index contributed by atoms with van der Waals surface area (Å²) in [5.74, 6) is 0.265. The first-order chi connectivity index (χ1) is 15.6. The van der Waals surface area contributed by atoms with Crippen molar-refractivity contribution in [1.29, 1.82) is 0 Å². The molecule has 0 spiro atoms. The summed E-state index contributed by atoms with van der Waals surface area (Å²) in [7, 11) is 0. The molecule has 2 amide bonds. The smallest absolute Gasteiger partial charge is 0.253 e. The number of nitrogens with zero attached hydrogens (tertiary/aromatic N) is 1. The molecule has 2 heterocycles. The standard InChI is InChI=1S/C25H26BrN3O3/c26-20-11-9-18(10-12-20)16-29-13-3-5-19(17-29)24(30)28-23-8-2-1-7-22(23)25(31)27-15-21-6-4-14-32-21/h1-2,4,6-12,14,19H,3,5,13,15-17H2,(H,27,31)(H,28,30). The van der Waals surface area contributed by atoms with Gasteiger partial charge in [-0.3, -0.25) is 14.5 Å². The highest BCUT2D eigenvalue weighted by Gasteiger charge is 2.26. The van der Waals surface area contributed by atoms with E-state index in [0.29, 0.717) is 30.1 Å². The van der Waals surface area contributed by atoms with Gasteiger partial charge in [0.15, 0.2) is 0 Å². The normalized spacial score (nSPS) is 16.5. The molecular weight excluding hydrogens is 470 g/mol. The van der Waals surface area contributed by atoms with E-state index in [0.717, 1.165) is 30.4 Å². The largest absolute Gasteiger partial charge is 0.467 e. The highest BCUT2D eigenvalue weighted by Crippen LogP contribution is 2.23. The summed E-state index contributed by atoms with van der Waals surface area (Å²) in [6.07, 6.45) is 3.38. The van der Waals surface area contributed by atoms with E-state index in [2.05, 4.69) is 43.6 Å². The molecule has 1 aromatic heterocycles. The lowest BCUT2D eigenvalue weighted by Gasteiger charge is -2.32. The molecule has 2 N–H and O–H groups in total. The van der Waals surface area contributed by atoms with Crippen LogP contribution in [0.15, 0.2) is 75.8 Å². The molecule has 4 rings (SSSR count). The Morgan fingerprint density at radius 1 is 1.06 bits per heavy atom. The second-order valence-corrected chi connectivity index (χ2v) is 8.91. The molecule has 0 aliphatic carbocycles. The Kier molecular flexibility index (Phi) is 7.39. The lowest BCUT2D eigenvalue weighted by molar-refractivity contribution is -0.121. The SMILES string of the molecule is O=C(NCc1ccco1)c1ccccc1NC(=O)C1CCCN(Cc2ccc(Br)cc2)C1. The monoisotopic (exact) mass is 495 g/mol. The highest BCUT2D eigenvalue weighted by molar-refractivity contribution is 9.10. The number of furan rings is 1. The lowest BCUT2D eigenvalue weighted by Crippen LogP contribution is -2.40. The van der Waals surface area contributed by atoms with Crippen molar-refractivity contribution < 1.29 is 14.0 Å². The van der Waals surface area contributed by atoms with Gasteiger partial charge in [-0.2, -0.15) is 0 Å². The first kappa shape index (κ1) is 22.3. The maximum Gasteiger partial charge on any atom is 0.253 e. The van der Waals surface area contributed by atoms with Crippen LogP contribution in [0.5, 0.6) is 0 Å². The number of halogens is 1. The van der Waals surface area contributed by atoms with E-state index in [1.807, 2.05) is 18.2 Å². The van der Waals surface area contributed by atoms with Gasteiger partial charge in [-0.05, 0) is 61.3 Å². The van der Waals surface area contributed by atoms with E-state index in [-0.39, 0.29) is 17.7 Å². The van der Waals surface area contributed by atoms with Crippen molar-refractivity contribution in [1.82, 2.24) is 10.2 Å². The van der Waals surface area contributed by atoms with Crippen LogP contribution in [0.3, 0.4) is 0 Å². The number of likely N-dealkylation sites (tertiary alicyclic amines) is 1. The van der Waals surface area contributed by atoms with E-state index < -0.39 is 0 Å². The van der Waals surface area contributed by atoms with Crippen LogP contribution in [0.25, 0.3) is 0 Å². The van der Waals surface area contributed by atoms with Crippen molar-refractivity contribution in [3.8, 4) is 0 Å². The van der Waals surface area contributed by atoms with Crippen molar-refractivity contribution in [3.63, 3.8) is 0 Å². The third kappa shape index (κ3) is 5.87. The molecule has 1 saturated heterocycles. The minimum Gasteiger partial charge on any atom is -0.467 e. The van der Waals surface area contributed by atoms with Crippen LogP contribution in [-0.2, 0) is 17.9 Å². The van der Waals surface area contributed by atoms with E-state index in [1.54, 1.807) is 36.6 Å². The van der Waals surface area contributed by atoms with Crippen LogP contribution in [0.1, 0.15) is 34.5 Å². The van der Waals surface area contributed by atoms with E-state index in [4.69, 9.17) is 4.42 Å². The summed E-state index contributed by atoms with van der Waals surface area (Å²) < 4.78 is 6.32. The van der Waals surface area contributed by atoms with Gasteiger partial charge in [-0.1, -0.05) is 40.2 Å². The quantitative estimate of drug-likeness (QED) is 0.492. The van der Waals surface area contributed by atoms with Crippen molar-refractivity contribution in [2.75, 3.05) is 18.4 Å². The molecule has 166 valence electrons. The van der Waals surface area contributed by atoms with Gasteiger partial charge in [0.05, 0.1) is 30.0 Å². The van der Waals surface area contributed by atoms with Crippen LogP contribution in [0.4, 0.5) is 5.69 Å². The number of piperidine rings is 1. The molecule has 6 nitrogen and oxygen atoms in total. The number of rotatable bonds is 7. The average molecular weight is 496 g/mol. The number of carbonyl (C=O) groups is 2. The number of anilines is 1. The molecule has 1 aliphatic rings. The van der Waals surface area contributed by atoms with Gasteiger partial charge in [-0.15, -0.1) is 0 Å². The van der Waals surface area contributed by atoms with Crippen molar-refractivity contribution in [2.24, 2.45) is 5.92 Å². The van der Waals surface area contributed by atoms with Crippen LogP contribution in [-0.4, -0.2) is 29.8 Å². The maximum absolute atomic E-state index is 13.0. The van der Waals surface area contributed by atoms with Crippen molar-refractivity contribution in [2.45, 2.75) is 25.9 Å². The zero-order valence-corrected chi connectivity index (χ0v) is 19.3. The molecule has 3 aromatic rings. The van der Waals surface area contributed by atoms with Gasteiger partial charge in [0, 0.05) is 17.6 Å². The van der Waals surface area contributed by atoms with Gasteiger partial charge >= 0.3 is 0 Å². The summed E-state index contributed by atoms with van der Waals surface area (Å²) in [5, 5.41) is 5.83. The average Bonchev–Trinajstić information content (AvgIpc) is 3.33. The molecule has 7 heteroatoms. The predicted octanol–water partition coefficient (Wildman–Crippen LogP) is 4.82. The maximum atomic E-state index is 13.0. The second-order valence-electron chi connectivity index (χ2n) is 8.00. The van der Waals surface area contributed by atoms with Crippen LogP contribution < -0.4 is 10.6 Å². The number of amides is 2. The number of nitrogens with one attached hydrogen (secondary N) is 2. The summed E-state index contributed by atoms with van der Waals surface area (Å²) in [4.78, 5) is 28.0. The molecule has 1 unspecified atom stereocenters. The Morgan fingerprint density at radius 2 is 1.88 bits per heavy atom. The molecule has 1 atom stereocenters. The molecule has 0 radical (unpaired) electrons. The van der Waals surface area contributed by atoms with Crippen LogP contribution in [0.2, 0.25) is 0 Å². The fourth-order valence-electron chi connectivity index (χ4n) is 3.96. The van der Waals surface area contributed by atoms with E-state index in [9.17, 15) is 9.59 Å². The van der Waals surface area contributed by atoms with Gasteiger partial charge in [0.1, 0.15) is 5.76 Å². The van der Waals surface area contributed by atoms with Crippen LogP contribution >= 0.6 is 15.9 Å². The summed E-state index contributed by atoms with van der Waals surface area (Å²) >= 11 is 3.47. The first-order valence-electron chi connectivity index (χ1n) is 10.8. The van der Waals surface area contributed by atoms with Gasteiger partial charge < -0.3 is 15.1 Å². The third-order valence-electron chi connectivity index (χ3n) is 5.63. The molecule has 1 aliphatic heterocycles. The van der Waals surface area contributed by atoms with E-state index in [1.165, 1.54) is 5.56 Å². The molecule has 1 fully saturated rings. The number of carbonyl (C=O) groups excluding carboxylic acids is 2. The molecule has 0 bridgehead atoms. The zero-order chi connectivity index (χ0) is 22.3. The zero-order valence-electron chi connectivity index (χ0n) is 17.7. The fourth-order valence-corrected chi connectivity index (χ4v) is 4.23. The fraction of sp³-hybridized carbons (Fsp3) is 0.280. The molecular formula is C25H26BrN3O3. The Labute approximate surface area is 196 Å². The van der Waals surface area contributed by atoms with Crippen molar-refractivity contribution >= 4 is 33.4 Å². The molecule has 0 saturated carbocycles. The number of para-hydroxylation sites is 1. The summed E-state index contributed by atoms with van der Waals surface area (Å²) in [5.41, 5.74) is 2.20. The third-order valence-corrected chi connectivity index (χ3v) is 6.16. The highest BCUT2D eigenvalue weighted by atomic mass is 79.9. The molecule has 32 heavy (non-hydrogen) atoms. The van der Waals surface area contributed by atoms with Crippen LogP contribution in [0, 0.1) is 5.92 Å². The number of hydrogen-bond acceptors (Lipinski definition) is 4. The van der Waals surface area contributed by atoms with E-state index >= 15 is 0 Å². The lowest BCUT2D eigenvalue weighted by atomic mass is 9.96. The van der Waals surface area contributed by atoms with Gasteiger partial charge in [-0.25, -0.2) is 0 Å². The Balaban J connectivity index is 1.36. The van der Waals surface area contributed by atoms with Gasteiger partial charge in [0.25, 0.3) is 5.91 Å². The van der Waals surface area contributed by atoms with Crippen molar-refractivity contribution in [3.05, 3.63) is 88.3 Å². The minimum absolute atomic E-state index is 0.0446. The number of hydrogen-bond donors (Lipinski definition) is 2. The summed E-state index contributed by atoms with van der Waals surface area (Å²) in [6.45, 7) is 2.80. The van der Waals surface area contributed by atoms with Gasteiger partial charge in [0.2, 0.25) is 5.91 Å². The Bertz CT molecular complexity index is 1050. The minimum atomic E-state index is -0.252. The first-order valence-corrected chi connectivity index (χ1v) is 11.5. The number of benzene rings is 2. The second kappa shape index (κ2) is 10.6.